The minimum atomic E-state index is -0.520. The molecule has 2 N–H and O–H groups in total. The second-order valence-electron chi connectivity index (χ2n) is 6.46. The lowest BCUT2D eigenvalue weighted by molar-refractivity contribution is -0.129. The Morgan fingerprint density at radius 1 is 1.14 bits per heavy atom. The predicted octanol–water partition coefficient (Wildman–Crippen LogP) is 3.10. The minimum absolute atomic E-state index is 0.244. The van der Waals surface area contributed by atoms with Gasteiger partial charge in [0.25, 0.3) is 11.1 Å². The third kappa shape index (κ3) is 5.69. The first-order valence-corrected chi connectivity index (χ1v) is 10.1. The molecule has 0 radical (unpaired) electrons. The van der Waals surface area contributed by atoms with Crippen molar-refractivity contribution in [1.82, 2.24) is 10.2 Å². The number of benzene rings is 2. The summed E-state index contributed by atoms with van der Waals surface area (Å²) >= 11 is 6.63. The van der Waals surface area contributed by atoms with Crippen molar-refractivity contribution >= 4 is 46.5 Å². The molecule has 1 atom stereocenters. The molecule has 1 aliphatic heterocycles. The largest absolute Gasteiger partial charge is 0.394 e. The Morgan fingerprint density at radius 3 is 2.48 bits per heavy atom. The van der Waals surface area contributed by atoms with Gasteiger partial charge in [-0.2, -0.15) is 0 Å². The van der Waals surface area contributed by atoms with Gasteiger partial charge in [0.2, 0.25) is 5.91 Å². The molecule has 0 saturated carbocycles. The molecule has 1 saturated heterocycles. The number of hydrogen-bond acceptors (Lipinski definition) is 5. The van der Waals surface area contributed by atoms with Gasteiger partial charge in [0.15, 0.2) is 0 Å². The van der Waals surface area contributed by atoms with E-state index in [1.54, 1.807) is 30.3 Å². The molecule has 1 fully saturated rings. The number of nitrogens with one attached hydrogen (secondary N) is 1. The Labute approximate surface area is 177 Å². The number of thioether (sulfide) groups is 1. The highest BCUT2D eigenvalue weighted by atomic mass is 35.5. The highest BCUT2D eigenvalue weighted by Crippen LogP contribution is 2.32. The SMILES string of the molecule is O=C(CN1C(=O)SC(=Cc2ccc(Cl)cc2)C1=O)NC(CO)Cc1ccccc1. The Morgan fingerprint density at radius 2 is 1.83 bits per heavy atom. The molecule has 0 aliphatic carbocycles. The van der Waals surface area contributed by atoms with Gasteiger partial charge >= 0.3 is 0 Å². The highest BCUT2D eigenvalue weighted by Gasteiger charge is 2.36. The quantitative estimate of drug-likeness (QED) is 0.659. The molecule has 1 heterocycles. The van der Waals surface area contributed by atoms with Gasteiger partial charge in [0.05, 0.1) is 17.6 Å². The van der Waals surface area contributed by atoms with Crippen molar-refractivity contribution in [2.24, 2.45) is 0 Å². The van der Waals surface area contributed by atoms with E-state index in [4.69, 9.17) is 11.6 Å². The van der Waals surface area contributed by atoms with Gasteiger partial charge in [0.1, 0.15) is 6.54 Å². The average Bonchev–Trinajstić information content (AvgIpc) is 2.97. The van der Waals surface area contributed by atoms with Gasteiger partial charge < -0.3 is 10.4 Å². The number of aliphatic hydroxyl groups excluding tert-OH is 1. The number of halogens is 1. The van der Waals surface area contributed by atoms with Crippen molar-refractivity contribution in [3.05, 3.63) is 75.7 Å². The molecule has 150 valence electrons. The number of carbonyl (C=O) groups is 3. The van der Waals surface area contributed by atoms with Crippen LogP contribution in [-0.2, 0) is 16.0 Å². The normalized spacial score (nSPS) is 16.3. The maximum Gasteiger partial charge on any atom is 0.294 e. The van der Waals surface area contributed by atoms with E-state index >= 15 is 0 Å². The Kier molecular flexibility index (Phi) is 7.09. The van der Waals surface area contributed by atoms with Crippen LogP contribution in [0, 0.1) is 0 Å². The Balaban J connectivity index is 1.61. The van der Waals surface area contributed by atoms with Crippen LogP contribution >= 0.6 is 23.4 Å². The van der Waals surface area contributed by atoms with E-state index in [9.17, 15) is 19.5 Å². The molecule has 29 heavy (non-hydrogen) atoms. The average molecular weight is 431 g/mol. The number of rotatable bonds is 7. The predicted molar refractivity (Wildman–Crippen MR) is 113 cm³/mol. The summed E-state index contributed by atoms with van der Waals surface area (Å²) in [6.07, 6.45) is 2.03. The van der Waals surface area contributed by atoms with Crippen molar-refractivity contribution in [3.8, 4) is 0 Å². The van der Waals surface area contributed by atoms with Gasteiger partial charge in [-0.15, -0.1) is 0 Å². The summed E-state index contributed by atoms with van der Waals surface area (Å²) in [5.41, 5.74) is 1.69. The molecule has 2 aromatic rings. The molecular formula is C21H19ClN2O4S. The van der Waals surface area contributed by atoms with Crippen molar-refractivity contribution in [2.75, 3.05) is 13.2 Å². The molecule has 0 spiro atoms. The van der Waals surface area contributed by atoms with Gasteiger partial charge in [-0.3, -0.25) is 19.3 Å². The van der Waals surface area contributed by atoms with Crippen molar-refractivity contribution < 1.29 is 19.5 Å². The fourth-order valence-corrected chi connectivity index (χ4v) is 3.79. The molecule has 2 aromatic carbocycles. The second kappa shape index (κ2) is 9.73. The van der Waals surface area contributed by atoms with Gasteiger partial charge in [-0.25, -0.2) is 0 Å². The molecule has 8 heteroatoms. The highest BCUT2D eigenvalue weighted by molar-refractivity contribution is 8.18. The van der Waals surface area contributed by atoms with Crippen LogP contribution in [0.25, 0.3) is 6.08 Å². The lowest BCUT2D eigenvalue weighted by Gasteiger charge is -2.18. The van der Waals surface area contributed by atoms with Gasteiger partial charge in [-0.1, -0.05) is 54.1 Å². The molecule has 1 aliphatic rings. The number of aliphatic hydroxyl groups is 1. The fourth-order valence-electron chi connectivity index (χ4n) is 2.82. The van der Waals surface area contributed by atoms with E-state index in [-0.39, 0.29) is 11.5 Å². The number of carbonyl (C=O) groups excluding carboxylic acids is 3. The van der Waals surface area contributed by atoms with E-state index in [0.29, 0.717) is 11.4 Å². The minimum Gasteiger partial charge on any atom is -0.394 e. The monoisotopic (exact) mass is 430 g/mol. The maximum atomic E-state index is 12.5. The lowest BCUT2D eigenvalue weighted by Crippen LogP contribution is -2.45. The second-order valence-corrected chi connectivity index (χ2v) is 7.89. The zero-order valence-electron chi connectivity index (χ0n) is 15.4. The first kappa shape index (κ1) is 21.1. The Bertz CT molecular complexity index is 931. The van der Waals surface area contributed by atoms with E-state index < -0.39 is 29.6 Å². The van der Waals surface area contributed by atoms with E-state index in [0.717, 1.165) is 27.8 Å². The smallest absolute Gasteiger partial charge is 0.294 e. The van der Waals surface area contributed by atoms with Gasteiger partial charge in [0, 0.05) is 5.02 Å². The van der Waals surface area contributed by atoms with Crippen LogP contribution in [0.4, 0.5) is 4.79 Å². The van der Waals surface area contributed by atoms with Crippen LogP contribution in [0.15, 0.2) is 59.5 Å². The molecule has 1 unspecified atom stereocenters. The first-order valence-electron chi connectivity index (χ1n) is 8.91. The Hall–Kier alpha value is -2.61. The third-order valence-electron chi connectivity index (χ3n) is 4.25. The molecule has 6 nitrogen and oxygen atoms in total. The van der Waals surface area contributed by atoms with Crippen LogP contribution in [0.1, 0.15) is 11.1 Å². The zero-order chi connectivity index (χ0) is 20.8. The summed E-state index contributed by atoms with van der Waals surface area (Å²) < 4.78 is 0. The van der Waals surface area contributed by atoms with Crippen LogP contribution in [-0.4, -0.2) is 46.3 Å². The topological polar surface area (TPSA) is 86.7 Å². The van der Waals surface area contributed by atoms with Crippen molar-refractivity contribution in [3.63, 3.8) is 0 Å². The summed E-state index contributed by atoms with van der Waals surface area (Å²) in [6, 6.07) is 15.8. The van der Waals surface area contributed by atoms with Crippen LogP contribution < -0.4 is 5.32 Å². The number of amides is 3. The van der Waals surface area contributed by atoms with Crippen LogP contribution in [0.2, 0.25) is 5.02 Å². The molecule has 0 bridgehead atoms. The van der Waals surface area contributed by atoms with E-state index in [1.165, 1.54) is 0 Å². The lowest BCUT2D eigenvalue weighted by atomic mass is 10.1. The summed E-state index contributed by atoms with van der Waals surface area (Å²) in [7, 11) is 0. The van der Waals surface area contributed by atoms with Crippen molar-refractivity contribution in [1.29, 1.82) is 0 Å². The number of hydrogen-bond donors (Lipinski definition) is 2. The molecule has 3 rings (SSSR count). The fraction of sp³-hybridized carbons (Fsp3) is 0.190. The van der Waals surface area contributed by atoms with Crippen LogP contribution in [0.5, 0.6) is 0 Å². The summed E-state index contributed by atoms with van der Waals surface area (Å²) in [6.45, 7) is -0.646. The summed E-state index contributed by atoms with van der Waals surface area (Å²) in [5, 5.41) is 12.3. The number of imide groups is 1. The molecule has 0 aromatic heterocycles. The summed E-state index contributed by atoms with van der Waals surface area (Å²) in [5.74, 6) is -1.02. The molecular weight excluding hydrogens is 412 g/mol. The van der Waals surface area contributed by atoms with E-state index in [1.807, 2.05) is 30.3 Å². The van der Waals surface area contributed by atoms with Crippen molar-refractivity contribution in [2.45, 2.75) is 12.5 Å². The zero-order valence-corrected chi connectivity index (χ0v) is 16.9. The van der Waals surface area contributed by atoms with Gasteiger partial charge in [-0.05, 0) is 47.5 Å². The number of nitrogens with zero attached hydrogens (tertiary/aromatic N) is 1. The standard InChI is InChI=1S/C21H19ClN2O4S/c22-16-8-6-15(7-9-16)11-18-20(27)24(21(28)29-18)12-19(26)23-17(13-25)10-14-4-2-1-3-5-14/h1-9,11,17,25H,10,12-13H2,(H,23,26). The third-order valence-corrected chi connectivity index (χ3v) is 5.41. The van der Waals surface area contributed by atoms with Crippen LogP contribution in [0.3, 0.4) is 0 Å². The first-order chi connectivity index (χ1) is 14.0. The maximum absolute atomic E-state index is 12.5. The summed E-state index contributed by atoms with van der Waals surface area (Å²) in [4.78, 5) is 38.2. The molecule has 3 amide bonds. The van der Waals surface area contributed by atoms with E-state index in [2.05, 4.69) is 5.32 Å².